The van der Waals surface area contributed by atoms with Gasteiger partial charge < -0.3 is 5.32 Å². The molecular formula is C11H21NS. The first-order valence-corrected chi connectivity index (χ1v) is 6.80. The van der Waals surface area contributed by atoms with Gasteiger partial charge in [-0.05, 0) is 61.6 Å². The fourth-order valence-corrected chi connectivity index (χ4v) is 3.38. The topological polar surface area (TPSA) is 12.0 Å². The summed E-state index contributed by atoms with van der Waals surface area (Å²) in [5.74, 6) is 5.74. The summed E-state index contributed by atoms with van der Waals surface area (Å²) in [6.45, 7) is 4.92. The summed E-state index contributed by atoms with van der Waals surface area (Å²) in [7, 11) is 0. The average molecular weight is 199 g/mol. The van der Waals surface area contributed by atoms with Crippen LogP contribution in [0, 0.1) is 17.8 Å². The third-order valence-electron chi connectivity index (χ3n) is 3.35. The Kier molecular flexibility index (Phi) is 3.56. The summed E-state index contributed by atoms with van der Waals surface area (Å²) in [4.78, 5) is 0. The van der Waals surface area contributed by atoms with Gasteiger partial charge in [0, 0.05) is 0 Å². The molecule has 2 atom stereocenters. The fourth-order valence-electron chi connectivity index (χ4n) is 2.09. The molecule has 0 aromatic carbocycles. The second kappa shape index (κ2) is 4.70. The zero-order valence-electron chi connectivity index (χ0n) is 8.59. The van der Waals surface area contributed by atoms with Crippen LogP contribution in [0.2, 0.25) is 0 Å². The van der Waals surface area contributed by atoms with Crippen molar-refractivity contribution in [2.24, 2.45) is 17.8 Å². The summed E-state index contributed by atoms with van der Waals surface area (Å²) in [6.07, 6.45) is 4.42. The minimum Gasteiger partial charge on any atom is -0.316 e. The van der Waals surface area contributed by atoms with Crippen LogP contribution < -0.4 is 5.32 Å². The van der Waals surface area contributed by atoms with Crippen LogP contribution in [0.3, 0.4) is 0 Å². The van der Waals surface area contributed by atoms with E-state index in [0.717, 1.165) is 17.8 Å². The van der Waals surface area contributed by atoms with Crippen molar-refractivity contribution in [1.29, 1.82) is 0 Å². The van der Waals surface area contributed by atoms with Crippen LogP contribution in [-0.2, 0) is 0 Å². The summed E-state index contributed by atoms with van der Waals surface area (Å²) < 4.78 is 0. The van der Waals surface area contributed by atoms with E-state index in [0.29, 0.717) is 0 Å². The molecule has 13 heavy (non-hydrogen) atoms. The molecule has 1 aliphatic carbocycles. The van der Waals surface area contributed by atoms with Crippen LogP contribution in [0.15, 0.2) is 0 Å². The van der Waals surface area contributed by atoms with Crippen LogP contribution in [0.25, 0.3) is 0 Å². The van der Waals surface area contributed by atoms with E-state index in [9.17, 15) is 0 Å². The van der Waals surface area contributed by atoms with E-state index in [1.54, 1.807) is 0 Å². The SMILES string of the molecule is CC(CNCC1CCSC1)C1CC1. The predicted octanol–water partition coefficient (Wildman–Crippen LogP) is 2.38. The predicted molar refractivity (Wildman–Crippen MR) is 60.2 cm³/mol. The van der Waals surface area contributed by atoms with Crippen molar-refractivity contribution in [1.82, 2.24) is 5.32 Å². The zero-order valence-corrected chi connectivity index (χ0v) is 9.41. The number of hydrogen-bond acceptors (Lipinski definition) is 2. The maximum Gasteiger partial charge on any atom is -0.00122 e. The minimum atomic E-state index is 0.925. The molecule has 0 aromatic rings. The molecule has 0 aromatic heterocycles. The Balaban J connectivity index is 1.52. The third kappa shape index (κ3) is 3.17. The number of nitrogens with one attached hydrogen (secondary N) is 1. The maximum absolute atomic E-state index is 3.64. The van der Waals surface area contributed by atoms with Gasteiger partial charge in [0.25, 0.3) is 0 Å². The molecule has 1 saturated carbocycles. The number of hydrogen-bond donors (Lipinski definition) is 1. The number of rotatable bonds is 5. The Morgan fingerprint density at radius 3 is 2.85 bits per heavy atom. The van der Waals surface area contributed by atoms with Gasteiger partial charge in [-0.2, -0.15) is 11.8 Å². The normalized spacial score (nSPS) is 30.7. The van der Waals surface area contributed by atoms with Crippen molar-refractivity contribution in [3.63, 3.8) is 0 Å². The van der Waals surface area contributed by atoms with Crippen molar-refractivity contribution >= 4 is 11.8 Å². The molecule has 0 bridgehead atoms. The molecule has 0 spiro atoms. The molecule has 0 radical (unpaired) electrons. The monoisotopic (exact) mass is 199 g/mol. The molecule has 76 valence electrons. The Morgan fingerprint density at radius 1 is 1.38 bits per heavy atom. The van der Waals surface area contributed by atoms with Crippen LogP contribution in [0.1, 0.15) is 26.2 Å². The van der Waals surface area contributed by atoms with E-state index in [1.165, 1.54) is 43.9 Å². The Morgan fingerprint density at radius 2 is 2.23 bits per heavy atom. The maximum atomic E-state index is 3.64. The van der Waals surface area contributed by atoms with Gasteiger partial charge in [0.05, 0.1) is 0 Å². The molecule has 1 N–H and O–H groups in total. The lowest BCUT2D eigenvalue weighted by atomic mass is 10.1. The van der Waals surface area contributed by atoms with E-state index in [-0.39, 0.29) is 0 Å². The highest BCUT2D eigenvalue weighted by Gasteiger charge is 2.27. The van der Waals surface area contributed by atoms with Gasteiger partial charge in [0.15, 0.2) is 0 Å². The van der Waals surface area contributed by atoms with Crippen LogP contribution in [0.5, 0.6) is 0 Å². The molecule has 2 fully saturated rings. The summed E-state index contributed by atoms with van der Waals surface area (Å²) in [6, 6.07) is 0. The Hall–Kier alpha value is 0.310. The molecule has 1 nitrogen and oxygen atoms in total. The van der Waals surface area contributed by atoms with Crippen LogP contribution in [0.4, 0.5) is 0 Å². The first-order valence-electron chi connectivity index (χ1n) is 5.64. The standard InChI is InChI=1S/C11H21NS/c1-9(11-2-3-11)6-12-7-10-4-5-13-8-10/h9-12H,2-8H2,1H3. The molecule has 0 amide bonds. The highest BCUT2D eigenvalue weighted by Crippen LogP contribution is 2.36. The third-order valence-corrected chi connectivity index (χ3v) is 4.58. The first-order chi connectivity index (χ1) is 6.36. The van der Waals surface area contributed by atoms with Crippen molar-refractivity contribution in [2.45, 2.75) is 26.2 Å². The van der Waals surface area contributed by atoms with Gasteiger partial charge in [-0.3, -0.25) is 0 Å². The van der Waals surface area contributed by atoms with Gasteiger partial charge in [-0.1, -0.05) is 6.92 Å². The summed E-state index contributed by atoms with van der Waals surface area (Å²) >= 11 is 2.12. The zero-order chi connectivity index (χ0) is 9.10. The molecule has 1 heterocycles. The molecule has 2 rings (SSSR count). The lowest BCUT2D eigenvalue weighted by Gasteiger charge is -2.14. The molecule has 2 unspecified atom stereocenters. The Labute approximate surface area is 86.0 Å². The van der Waals surface area contributed by atoms with E-state index in [2.05, 4.69) is 24.0 Å². The van der Waals surface area contributed by atoms with Crippen molar-refractivity contribution in [2.75, 3.05) is 24.6 Å². The average Bonchev–Trinajstić information content (AvgIpc) is 2.86. The van der Waals surface area contributed by atoms with Crippen LogP contribution >= 0.6 is 11.8 Å². The highest BCUT2D eigenvalue weighted by molar-refractivity contribution is 7.99. The van der Waals surface area contributed by atoms with Gasteiger partial charge in [-0.25, -0.2) is 0 Å². The number of thioether (sulfide) groups is 1. The largest absolute Gasteiger partial charge is 0.316 e. The minimum absolute atomic E-state index is 0.925. The second-order valence-corrected chi connectivity index (χ2v) is 5.85. The molecule has 2 heteroatoms. The molecular weight excluding hydrogens is 178 g/mol. The van der Waals surface area contributed by atoms with Crippen LogP contribution in [-0.4, -0.2) is 24.6 Å². The Bertz CT molecular complexity index is 148. The van der Waals surface area contributed by atoms with Gasteiger partial charge in [-0.15, -0.1) is 0 Å². The van der Waals surface area contributed by atoms with E-state index in [4.69, 9.17) is 0 Å². The smallest absolute Gasteiger partial charge is 0.00122 e. The van der Waals surface area contributed by atoms with Gasteiger partial charge >= 0.3 is 0 Å². The van der Waals surface area contributed by atoms with Gasteiger partial charge in [0.2, 0.25) is 0 Å². The highest BCUT2D eigenvalue weighted by atomic mass is 32.2. The van der Waals surface area contributed by atoms with E-state index in [1.807, 2.05) is 0 Å². The lowest BCUT2D eigenvalue weighted by molar-refractivity contribution is 0.432. The molecule has 1 aliphatic heterocycles. The summed E-state index contributed by atoms with van der Waals surface area (Å²) in [5.41, 5.74) is 0. The second-order valence-electron chi connectivity index (χ2n) is 4.70. The first kappa shape index (κ1) is 9.85. The van der Waals surface area contributed by atoms with Crippen molar-refractivity contribution in [3.8, 4) is 0 Å². The van der Waals surface area contributed by atoms with E-state index < -0.39 is 0 Å². The molecule has 2 aliphatic rings. The van der Waals surface area contributed by atoms with E-state index >= 15 is 0 Å². The summed E-state index contributed by atoms with van der Waals surface area (Å²) in [5, 5.41) is 3.64. The van der Waals surface area contributed by atoms with Crippen molar-refractivity contribution < 1.29 is 0 Å². The van der Waals surface area contributed by atoms with Crippen molar-refractivity contribution in [3.05, 3.63) is 0 Å². The fraction of sp³-hybridized carbons (Fsp3) is 1.00. The quantitative estimate of drug-likeness (QED) is 0.729. The lowest BCUT2D eigenvalue weighted by Crippen LogP contribution is -2.27. The van der Waals surface area contributed by atoms with Gasteiger partial charge in [0.1, 0.15) is 0 Å². The molecule has 1 saturated heterocycles.